The van der Waals surface area contributed by atoms with E-state index in [0.717, 1.165) is 66.5 Å². The van der Waals surface area contributed by atoms with Gasteiger partial charge in [0.25, 0.3) is 0 Å². The van der Waals surface area contributed by atoms with Crippen LogP contribution in [0.3, 0.4) is 0 Å². The summed E-state index contributed by atoms with van der Waals surface area (Å²) in [6, 6.07) is 16.0. The summed E-state index contributed by atoms with van der Waals surface area (Å²) in [6.07, 6.45) is 8.30. The van der Waals surface area contributed by atoms with Crippen LogP contribution in [0, 0.1) is 5.92 Å². The summed E-state index contributed by atoms with van der Waals surface area (Å²) >= 11 is 0. The highest BCUT2D eigenvalue weighted by Gasteiger charge is 2.39. The summed E-state index contributed by atoms with van der Waals surface area (Å²) in [7, 11) is 1.62. The standard InChI is InChI=1S/C29H33N5O3/c1-34(28(36)37)22-11-5-19(6-12-22)16-27(35)33-26-17-23(25-4-2-3-15-31-25)24(18-32-26)20-7-9-21(10-8-20)29(30)13-14-29/h2-4,7-10,15,17-19,22H,5-6,11-14,16,30H2,1H3,(H,36,37)(H,32,33,35)/t19-,22-. The molecule has 2 aliphatic carbocycles. The number of nitrogens with one attached hydrogen (secondary N) is 1. The molecule has 0 spiro atoms. The number of carbonyl (C=O) groups excluding carboxylic acids is 1. The lowest BCUT2D eigenvalue weighted by atomic mass is 9.83. The second-order valence-corrected chi connectivity index (χ2v) is 10.4. The summed E-state index contributed by atoms with van der Waals surface area (Å²) in [5.41, 5.74) is 11.0. The van der Waals surface area contributed by atoms with E-state index in [1.54, 1.807) is 19.4 Å². The Kier molecular flexibility index (Phi) is 6.93. The van der Waals surface area contributed by atoms with Gasteiger partial charge < -0.3 is 21.1 Å². The maximum absolute atomic E-state index is 12.9. The fourth-order valence-electron chi connectivity index (χ4n) is 5.24. The van der Waals surface area contributed by atoms with Gasteiger partial charge in [-0.1, -0.05) is 30.3 Å². The quantitative estimate of drug-likeness (QED) is 0.408. The molecule has 4 N–H and O–H groups in total. The molecule has 0 radical (unpaired) electrons. The van der Waals surface area contributed by atoms with E-state index in [1.807, 2.05) is 24.3 Å². The second kappa shape index (κ2) is 10.3. The van der Waals surface area contributed by atoms with Crippen molar-refractivity contribution >= 4 is 17.8 Å². The lowest BCUT2D eigenvalue weighted by Gasteiger charge is -2.32. The van der Waals surface area contributed by atoms with Gasteiger partial charge in [0, 0.05) is 48.6 Å². The Morgan fingerprint density at radius 1 is 1.05 bits per heavy atom. The zero-order chi connectivity index (χ0) is 26.0. The molecule has 0 atom stereocenters. The number of nitrogens with two attached hydrogens (primary N) is 1. The van der Waals surface area contributed by atoms with Crippen LogP contribution in [0.1, 0.15) is 50.5 Å². The van der Waals surface area contributed by atoms with E-state index in [4.69, 9.17) is 5.73 Å². The first-order valence-electron chi connectivity index (χ1n) is 12.9. The van der Waals surface area contributed by atoms with Crippen molar-refractivity contribution in [1.29, 1.82) is 0 Å². The van der Waals surface area contributed by atoms with Crippen molar-refractivity contribution in [2.45, 2.75) is 56.5 Å². The molecule has 2 aromatic heterocycles. The number of benzene rings is 1. The Morgan fingerprint density at radius 3 is 2.41 bits per heavy atom. The third kappa shape index (κ3) is 5.64. The largest absolute Gasteiger partial charge is 0.465 e. The molecule has 3 aromatic rings. The normalized spacial score (nSPS) is 20.2. The van der Waals surface area contributed by atoms with E-state index >= 15 is 0 Å². The Morgan fingerprint density at radius 2 is 1.78 bits per heavy atom. The SMILES string of the molecule is CN(C(=O)O)[C@H]1CC[C@H](CC(=O)Nc2cc(-c3ccccn3)c(-c3ccc(C4(N)CC4)cc3)cn2)CC1. The van der Waals surface area contributed by atoms with Crippen LogP contribution in [0.5, 0.6) is 0 Å². The summed E-state index contributed by atoms with van der Waals surface area (Å²) in [6.45, 7) is 0. The minimum Gasteiger partial charge on any atom is -0.465 e. The summed E-state index contributed by atoms with van der Waals surface area (Å²) < 4.78 is 0. The predicted molar refractivity (Wildman–Crippen MR) is 143 cm³/mol. The Bertz CT molecular complexity index is 1270. The van der Waals surface area contributed by atoms with Crippen molar-refractivity contribution in [3.63, 3.8) is 0 Å². The molecule has 8 heteroatoms. The van der Waals surface area contributed by atoms with E-state index in [9.17, 15) is 14.7 Å². The van der Waals surface area contributed by atoms with E-state index in [2.05, 4.69) is 39.6 Å². The average Bonchev–Trinajstić information content (AvgIpc) is 3.67. The van der Waals surface area contributed by atoms with E-state index < -0.39 is 6.09 Å². The van der Waals surface area contributed by atoms with Crippen molar-refractivity contribution in [3.05, 3.63) is 66.5 Å². The number of pyridine rings is 2. The molecule has 0 saturated heterocycles. The first-order valence-corrected chi connectivity index (χ1v) is 12.9. The molecule has 0 aliphatic heterocycles. The van der Waals surface area contributed by atoms with Crippen molar-refractivity contribution in [1.82, 2.24) is 14.9 Å². The maximum atomic E-state index is 12.9. The number of hydrogen-bond donors (Lipinski definition) is 3. The van der Waals surface area contributed by atoms with Crippen molar-refractivity contribution in [2.75, 3.05) is 12.4 Å². The van der Waals surface area contributed by atoms with E-state index in [1.165, 1.54) is 4.90 Å². The van der Waals surface area contributed by atoms with Gasteiger partial charge in [-0.05, 0) is 73.8 Å². The highest BCUT2D eigenvalue weighted by molar-refractivity contribution is 5.92. The number of amides is 2. The topological polar surface area (TPSA) is 121 Å². The average molecular weight is 500 g/mol. The fraction of sp³-hybridized carbons (Fsp3) is 0.379. The zero-order valence-electron chi connectivity index (χ0n) is 21.1. The Balaban J connectivity index is 1.30. The zero-order valence-corrected chi connectivity index (χ0v) is 21.1. The van der Waals surface area contributed by atoms with E-state index in [-0.39, 0.29) is 23.4 Å². The van der Waals surface area contributed by atoms with Gasteiger partial charge in [-0.2, -0.15) is 0 Å². The molecule has 5 rings (SSSR count). The summed E-state index contributed by atoms with van der Waals surface area (Å²) in [4.78, 5) is 34.6. The molecule has 1 aromatic carbocycles. The number of rotatable bonds is 7. The number of hydrogen-bond acceptors (Lipinski definition) is 5. The number of carbonyl (C=O) groups is 2. The van der Waals surface area contributed by atoms with Crippen molar-refractivity contribution < 1.29 is 14.7 Å². The van der Waals surface area contributed by atoms with E-state index in [0.29, 0.717) is 12.2 Å². The molecule has 0 bridgehead atoms. The van der Waals surface area contributed by atoms with Gasteiger partial charge in [0.2, 0.25) is 5.91 Å². The highest BCUT2D eigenvalue weighted by Crippen LogP contribution is 2.43. The van der Waals surface area contributed by atoms with Gasteiger partial charge in [-0.3, -0.25) is 9.78 Å². The predicted octanol–water partition coefficient (Wildman–Crippen LogP) is 5.26. The van der Waals surface area contributed by atoms with Crippen LogP contribution in [0.15, 0.2) is 60.9 Å². The van der Waals surface area contributed by atoms with Crippen LogP contribution in [0.4, 0.5) is 10.6 Å². The monoisotopic (exact) mass is 499 g/mol. The minimum atomic E-state index is -0.901. The molecular formula is C29H33N5O3. The lowest BCUT2D eigenvalue weighted by molar-refractivity contribution is -0.117. The smallest absolute Gasteiger partial charge is 0.407 e. The number of carboxylic acid groups (broad SMARTS) is 1. The van der Waals surface area contributed by atoms with Gasteiger partial charge in [-0.25, -0.2) is 9.78 Å². The summed E-state index contributed by atoms with van der Waals surface area (Å²) in [5, 5.41) is 12.2. The van der Waals surface area contributed by atoms with Crippen molar-refractivity contribution in [2.24, 2.45) is 11.7 Å². The molecule has 0 unspecified atom stereocenters. The molecule has 192 valence electrons. The minimum absolute atomic E-state index is 0.0284. The fourth-order valence-corrected chi connectivity index (χ4v) is 5.24. The molecule has 2 fully saturated rings. The summed E-state index contributed by atoms with van der Waals surface area (Å²) in [5.74, 6) is 0.650. The second-order valence-electron chi connectivity index (χ2n) is 10.4. The Labute approximate surface area is 216 Å². The van der Waals surface area contributed by atoms with Crippen LogP contribution in [0.2, 0.25) is 0 Å². The number of anilines is 1. The van der Waals surface area contributed by atoms with Crippen LogP contribution in [0.25, 0.3) is 22.4 Å². The van der Waals surface area contributed by atoms with Crippen LogP contribution < -0.4 is 11.1 Å². The number of nitrogens with zero attached hydrogens (tertiary/aromatic N) is 3. The first kappa shape index (κ1) is 24.9. The maximum Gasteiger partial charge on any atom is 0.407 e. The van der Waals surface area contributed by atoms with Crippen LogP contribution >= 0.6 is 0 Å². The molecule has 37 heavy (non-hydrogen) atoms. The van der Waals surface area contributed by atoms with Gasteiger partial charge in [0.05, 0.1) is 5.69 Å². The highest BCUT2D eigenvalue weighted by atomic mass is 16.4. The third-order valence-electron chi connectivity index (χ3n) is 7.81. The van der Waals surface area contributed by atoms with Crippen LogP contribution in [-0.4, -0.2) is 45.1 Å². The molecule has 2 heterocycles. The molecular weight excluding hydrogens is 466 g/mol. The molecule has 2 aliphatic rings. The van der Waals surface area contributed by atoms with Gasteiger partial charge in [0.1, 0.15) is 5.82 Å². The van der Waals surface area contributed by atoms with Crippen molar-refractivity contribution in [3.8, 4) is 22.4 Å². The third-order valence-corrected chi connectivity index (χ3v) is 7.81. The van der Waals surface area contributed by atoms with Gasteiger partial charge in [-0.15, -0.1) is 0 Å². The Hall–Kier alpha value is -3.78. The number of aromatic nitrogens is 2. The van der Waals surface area contributed by atoms with Gasteiger partial charge >= 0.3 is 6.09 Å². The molecule has 8 nitrogen and oxygen atoms in total. The van der Waals surface area contributed by atoms with Gasteiger partial charge in [0.15, 0.2) is 0 Å². The first-order chi connectivity index (χ1) is 17.8. The lowest BCUT2D eigenvalue weighted by Crippen LogP contribution is -2.38. The van der Waals surface area contributed by atoms with Crippen LogP contribution in [-0.2, 0) is 10.3 Å². The molecule has 2 amide bonds. The molecule has 2 saturated carbocycles.